The molecule has 1 aliphatic heterocycles. The van der Waals surface area contributed by atoms with Gasteiger partial charge in [-0.05, 0) is 72.3 Å². The maximum atomic E-state index is 14.1. The third-order valence-corrected chi connectivity index (χ3v) is 8.39. The maximum Gasteiger partial charge on any atom is 0.289 e. The van der Waals surface area contributed by atoms with Gasteiger partial charge < -0.3 is 18.8 Å². The highest BCUT2D eigenvalue weighted by atomic mass is 32.2. The summed E-state index contributed by atoms with van der Waals surface area (Å²) in [5, 5.41) is 9.11. The van der Waals surface area contributed by atoms with Crippen LogP contribution in [-0.2, 0) is 13.1 Å². The largest absolute Gasteiger partial charge is 0.451 e. The van der Waals surface area contributed by atoms with Crippen molar-refractivity contribution < 1.29 is 18.4 Å². The number of hydrogen-bond acceptors (Lipinski definition) is 6. The lowest BCUT2D eigenvalue weighted by molar-refractivity contribution is 0.0741. The van der Waals surface area contributed by atoms with Crippen LogP contribution < -0.4 is 4.90 Å². The molecule has 0 spiro atoms. The first-order chi connectivity index (χ1) is 21.5. The molecule has 2 amide bonds. The molecule has 0 bridgehead atoms. The Kier molecular flexibility index (Phi) is 8.57. The topological polar surface area (TPSA) is 95.4 Å². The summed E-state index contributed by atoms with van der Waals surface area (Å²) in [7, 11) is 0. The summed E-state index contributed by atoms with van der Waals surface area (Å²) < 4.78 is 22.0. The van der Waals surface area contributed by atoms with Crippen LogP contribution in [0.4, 0.5) is 10.1 Å². The van der Waals surface area contributed by atoms with E-state index in [9.17, 15) is 14.0 Å². The van der Waals surface area contributed by atoms with Crippen molar-refractivity contribution in [1.82, 2.24) is 14.5 Å². The summed E-state index contributed by atoms with van der Waals surface area (Å²) in [5.74, 6) is 1.71. The second-order valence-corrected chi connectivity index (χ2v) is 11.6. The van der Waals surface area contributed by atoms with Crippen LogP contribution in [0.1, 0.15) is 37.7 Å². The van der Waals surface area contributed by atoms with Gasteiger partial charge in [0.25, 0.3) is 11.8 Å². The number of carbonyl (C=O) groups excluding carboxylic acids is 2. The van der Waals surface area contributed by atoms with Gasteiger partial charge in [-0.3, -0.25) is 9.59 Å². The predicted octanol–water partition coefficient (Wildman–Crippen LogP) is 6.24. The van der Waals surface area contributed by atoms with Crippen LogP contribution in [0.15, 0.2) is 102 Å². The Bertz CT molecular complexity index is 1820. The zero-order valence-electron chi connectivity index (χ0n) is 23.7. The van der Waals surface area contributed by atoms with E-state index in [0.29, 0.717) is 42.4 Å². The van der Waals surface area contributed by atoms with Gasteiger partial charge in [0.1, 0.15) is 11.6 Å². The molecular formula is C34H28FN5O3S. The van der Waals surface area contributed by atoms with E-state index in [0.717, 1.165) is 28.3 Å². The van der Waals surface area contributed by atoms with Crippen molar-refractivity contribution in [2.75, 3.05) is 29.5 Å². The Morgan fingerprint density at radius 2 is 1.77 bits per heavy atom. The number of amides is 2. The minimum absolute atomic E-state index is 0.113. The average Bonchev–Trinajstić information content (AvgIpc) is 3.74. The highest BCUT2D eigenvalue weighted by Gasteiger charge is 2.23. The molecule has 44 heavy (non-hydrogen) atoms. The van der Waals surface area contributed by atoms with Gasteiger partial charge in [0.05, 0.1) is 30.2 Å². The lowest BCUT2D eigenvalue weighted by Gasteiger charge is -2.25. The van der Waals surface area contributed by atoms with Crippen LogP contribution in [0.25, 0.3) is 11.3 Å². The predicted molar refractivity (Wildman–Crippen MR) is 167 cm³/mol. The minimum Gasteiger partial charge on any atom is -0.451 e. The molecule has 1 fully saturated rings. The maximum absolute atomic E-state index is 14.1. The van der Waals surface area contributed by atoms with Gasteiger partial charge in [-0.25, -0.2) is 9.37 Å². The molecule has 10 heteroatoms. The number of anilines is 1. The molecule has 220 valence electrons. The molecule has 6 rings (SSSR count). The van der Waals surface area contributed by atoms with E-state index >= 15 is 0 Å². The van der Waals surface area contributed by atoms with E-state index in [1.807, 2.05) is 45.5 Å². The number of nitriles is 1. The highest BCUT2D eigenvalue weighted by Crippen LogP contribution is 2.28. The minimum atomic E-state index is -0.497. The Morgan fingerprint density at radius 3 is 2.50 bits per heavy atom. The number of benzene rings is 3. The molecule has 2 aromatic heterocycles. The second kappa shape index (κ2) is 13.0. The zero-order chi connectivity index (χ0) is 30.5. The Labute approximate surface area is 258 Å². The van der Waals surface area contributed by atoms with E-state index < -0.39 is 5.82 Å². The van der Waals surface area contributed by atoms with Crippen LogP contribution in [0.2, 0.25) is 0 Å². The number of aromatic nitrogens is 2. The van der Waals surface area contributed by atoms with Gasteiger partial charge in [0.2, 0.25) is 0 Å². The van der Waals surface area contributed by atoms with Crippen molar-refractivity contribution in [2.24, 2.45) is 0 Å². The molecule has 0 radical (unpaired) electrons. The fourth-order valence-corrected chi connectivity index (χ4v) is 5.96. The molecule has 0 aliphatic carbocycles. The van der Waals surface area contributed by atoms with Crippen LogP contribution in [0, 0.1) is 17.1 Å². The normalized spacial score (nSPS) is 13.0. The molecule has 1 aliphatic rings. The third kappa shape index (κ3) is 6.43. The zero-order valence-corrected chi connectivity index (χ0v) is 24.5. The third-order valence-electron chi connectivity index (χ3n) is 7.45. The summed E-state index contributed by atoms with van der Waals surface area (Å²) in [5.41, 5.74) is 3.90. The van der Waals surface area contributed by atoms with Gasteiger partial charge in [-0.1, -0.05) is 18.2 Å². The molecule has 1 saturated heterocycles. The van der Waals surface area contributed by atoms with Crippen molar-refractivity contribution in [2.45, 2.75) is 13.1 Å². The number of hydrogen-bond donors (Lipinski definition) is 0. The Balaban J connectivity index is 1.26. The lowest BCUT2D eigenvalue weighted by atomic mass is 10.1. The van der Waals surface area contributed by atoms with Crippen molar-refractivity contribution >= 4 is 29.3 Å². The van der Waals surface area contributed by atoms with E-state index in [1.54, 1.807) is 59.9 Å². The quantitative estimate of drug-likeness (QED) is 0.208. The SMILES string of the molecule is N#Cc1ccc(Cn2cncc2CN(C(=O)c2cccc(F)c2)c2ccc(-c3ccc(C(=O)N4CCSCC4)o3)cc2)cc1. The first kappa shape index (κ1) is 29.0. The summed E-state index contributed by atoms with van der Waals surface area (Å²) in [6.45, 7) is 2.09. The molecule has 0 saturated carbocycles. The first-order valence-electron chi connectivity index (χ1n) is 14.1. The molecule has 0 atom stereocenters. The average molecular weight is 606 g/mol. The molecule has 0 unspecified atom stereocenters. The van der Waals surface area contributed by atoms with Gasteiger partial charge in [-0.2, -0.15) is 17.0 Å². The first-order valence-corrected chi connectivity index (χ1v) is 15.3. The monoisotopic (exact) mass is 605 g/mol. The van der Waals surface area contributed by atoms with Crippen molar-refractivity contribution in [1.29, 1.82) is 5.26 Å². The summed E-state index contributed by atoms with van der Waals surface area (Å²) in [4.78, 5) is 34.4. The van der Waals surface area contributed by atoms with E-state index in [1.165, 1.54) is 18.2 Å². The summed E-state index contributed by atoms with van der Waals surface area (Å²) in [6, 6.07) is 25.8. The summed E-state index contributed by atoms with van der Waals surface area (Å²) in [6.07, 6.45) is 3.40. The van der Waals surface area contributed by atoms with Crippen LogP contribution >= 0.6 is 11.8 Å². The van der Waals surface area contributed by atoms with Crippen molar-refractivity contribution in [3.05, 3.63) is 131 Å². The van der Waals surface area contributed by atoms with Crippen LogP contribution in [0.5, 0.6) is 0 Å². The Hall–Kier alpha value is -5.14. The van der Waals surface area contributed by atoms with Gasteiger partial charge in [-0.15, -0.1) is 0 Å². The van der Waals surface area contributed by atoms with Crippen molar-refractivity contribution in [3.8, 4) is 17.4 Å². The summed E-state index contributed by atoms with van der Waals surface area (Å²) >= 11 is 1.84. The fraction of sp³-hybridized carbons (Fsp3) is 0.176. The van der Waals surface area contributed by atoms with Crippen molar-refractivity contribution in [3.63, 3.8) is 0 Å². The van der Waals surface area contributed by atoms with Gasteiger partial charge in [0, 0.05) is 54.2 Å². The van der Waals surface area contributed by atoms with E-state index in [2.05, 4.69) is 11.1 Å². The van der Waals surface area contributed by atoms with E-state index in [4.69, 9.17) is 9.68 Å². The number of rotatable bonds is 8. The van der Waals surface area contributed by atoms with E-state index in [-0.39, 0.29) is 23.9 Å². The van der Waals surface area contributed by atoms with Crippen LogP contribution in [0.3, 0.4) is 0 Å². The smallest absolute Gasteiger partial charge is 0.289 e. The number of imidazole rings is 1. The standard InChI is InChI=1S/C34H28FN5O3S/c35-28-3-1-2-27(18-28)33(41)40(22-30-20-37-23-39(30)21-25-6-4-24(19-36)5-7-25)29-10-8-26(9-11-29)31-12-13-32(43-31)34(42)38-14-16-44-17-15-38/h1-13,18,20,23H,14-17,21-22H2. The molecule has 5 aromatic rings. The Morgan fingerprint density at radius 1 is 1.00 bits per heavy atom. The number of halogens is 1. The number of carbonyl (C=O) groups is 2. The number of nitrogens with zero attached hydrogens (tertiary/aromatic N) is 5. The molecule has 3 heterocycles. The molecule has 0 N–H and O–H groups in total. The highest BCUT2D eigenvalue weighted by molar-refractivity contribution is 7.99. The lowest BCUT2D eigenvalue weighted by Crippen LogP contribution is -2.37. The number of thioether (sulfide) groups is 1. The fourth-order valence-electron chi connectivity index (χ4n) is 5.06. The second-order valence-electron chi connectivity index (χ2n) is 10.3. The van der Waals surface area contributed by atoms with Crippen LogP contribution in [-0.4, -0.2) is 50.9 Å². The molecular weight excluding hydrogens is 577 g/mol. The molecule has 3 aromatic carbocycles. The molecule has 8 nitrogen and oxygen atoms in total. The van der Waals surface area contributed by atoms with Gasteiger partial charge >= 0.3 is 0 Å². The number of furan rings is 1. The van der Waals surface area contributed by atoms with Gasteiger partial charge in [0.15, 0.2) is 5.76 Å².